The zero-order valence-corrected chi connectivity index (χ0v) is 8.88. The molecule has 0 amide bonds. The van der Waals surface area contributed by atoms with Crippen molar-refractivity contribution >= 4 is 21.7 Å². The fraction of sp³-hybridized carbons (Fsp3) is 0.182. The van der Waals surface area contributed by atoms with Gasteiger partial charge >= 0.3 is 0 Å². The van der Waals surface area contributed by atoms with Gasteiger partial charge in [0.05, 0.1) is 0 Å². The van der Waals surface area contributed by atoms with Gasteiger partial charge in [-0.3, -0.25) is 4.79 Å². The van der Waals surface area contributed by atoms with E-state index >= 15 is 0 Å². The van der Waals surface area contributed by atoms with E-state index in [1.165, 1.54) is 0 Å². The first kappa shape index (κ1) is 10.2. The van der Waals surface area contributed by atoms with Crippen LogP contribution in [0.4, 0.5) is 0 Å². The van der Waals surface area contributed by atoms with Gasteiger partial charge in [0.25, 0.3) is 0 Å². The Labute approximate surface area is 86.6 Å². The summed E-state index contributed by atoms with van der Waals surface area (Å²) in [7, 11) is 0. The van der Waals surface area contributed by atoms with Gasteiger partial charge in [0.15, 0.2) is 5.78 Å². The van der Waals surface area contributed by atoms with Crippen molar-refractivity contribution in [2.75, 3.05) is 0 Å². The van der Waals surface area contributed by atoms with Crippen LogP contribution in [0, 0.1) is 0 Å². The Kier molecular flexibility index (Phi) is 3.90. The minimum atomic E-state index is 0.174. The van der Waals surface area contributed by atoms with Crippen LogP contribution in [0.25, 0.3) is 0 Å². The first-order valence-corrected chi connectivity index (χ1v) is 4.93. The van der Waals surface area contributed by atoms with Crippen molar-refractivity contribution in [2.45, 2.75) is 12.8 Å². The van der Waals surface area contributed by atoms with Crippen molar-refractivity contribution in [3.05, 3.63) is 47.0 Å². The van der Waals surface area contributed by atoms with Crippen molar-refractivity contribution in [2.24, 2.45) is 0 Å². The molecule has 0 aromatic heterocycles. The largest absolute Gasteiger partial charge is 0.294 e. The van der Waals surface area contributed by atoms with E-state index in [1.807, 2.05) is 24.3 Å². The molecular weight excluding hydrogens is 228 g/mol. The lowest BCUT2D eigenvalue weighted by Gasteiger charge is -1.98. The molecule has 0 heterocycles. The highest BCUT2D eigenvalue weighted by Crippen LogP contribution is 2.12. The minimum absolute atomic E-state index is 0.174. The quantitative estimate of drug-likeness (QED) is 0.579. The summed E-state index contributed by atoms with van der Waals surface area (Å²) in [4.78, 5) is 11.5. The molecule has 1 aromatic carbocycles. The van der Waals surface area contributed by atoms with Crippen molar-refractivity contribution in [1.82, 2.24) is 0 Å². The molecule has 0 unspecified atom stereocenters. The molecule has 0 aliphatic carbocycles. The third-order valence-electron chi connectivity index (χ3n) is 1.74. The molecule has 0 fully saturated rings. The van der Waals surface area contributed by atoms with E-state index in [1.54, 1.807) is 6.08 Å². The van der Waals surface area contributed by atoms with E-state index in [0.29, 0.717) is 6.42 Å². The predicted molar refractivity (Wildman–Crippen MR) is 57.9 cm³/mol. The van der Waals surface area contributed by atoms with Crippen molar-refractivity contribution in [3.8, 4) is 0 Å². The minimum Gasteiger partial charge on any atom is -0.294 e. The van der Waals surface area contributed by atoms with Crippen molar-refractivity contribution in [3.63, 3.8) is 0 Å². The molecule has 1 nitrogen and oxygen atoms in total. The molecule has 0 spiro atoms. The van der Waals surface area contributed by atoms with Crippen LogP contribution >= 0.6 is 15.9 Å². The maximum Gasteiger partial charge on any atom is 0.163 e. The molecule has 0 atom stereocenters. The fourth-order valence-corrected chi connectivity index (χ4v) is 1.28. The number of hydrogen-bond acceptors (Lipinski definition) is 1. The summed E-state index contributed by atoms with van der Waals surface area (Å²) in [6.07, 6.45) is 3.05. The summed E-state index contributed by atoms with van der Waals surface area (Å²) in [6, 6.07) is 7.41. The average Bonchev–Trinajstić information content (AvgIpc) is 2.15. The number of benzene rings is 1. The third kappa shape index (κ3) is 3.15. The Hall–Kier alpha value is -0.890. The molecule has 68 valence electrons. The lowest BCUT2D eigenvalue weighted by Crippen LogP contribution is -1.97. The molecule has 13 heavy (non-hydrogen) atoms. The number of carbonyl (C=O) groups is 1. The standard InChI is InChI=1S/C11H11BrO/c1-2-3-4-11(13)9-5-7-10(12)8-6-9/h2,5-8H,1,3-4H2. The van der Waals surface area contributed by atoms with E-state index < -0.39 is 0 Å². The molecule has 0 saturated heterocycles. The van der Waals surface area contributed by atoms with E-state index in [-0.39, 0.29) is 5.78 Å². The second-order valence-corrected chi connectivity index (χ2v) is 3.67. The summed E-state index contributed by atoms with van der Waals surface area (Å²) in [6.45, 7) is 3.58. The van der Waals surface area contributed by atoms with Gasteiger partial charge in [-0.2, -0.15) is 0 Å². The molecule has 0 aliphatic rings. The van der Waals surface area contributed by atoms with E-state index in [4.69, 9.17) is 0 Å². The Morgan fingerprint density at radius 1 is 1.38 bits per heavy atom. The van der Waals surface area contributed by atoms with Crippen LogP contribution in [0.3, 0.4) is 0 Å². The molecule has 1 rings (SSSR count). The maximum absolute atomic E-state index is 11.5. The van der Waals surface area contributed by atoms with Gasteiger partial charge < -0.3 is 0 Å². The first-order valence-electron chi connectivity index (χ1n) is 4.13. The van der Waals surface area contributed by atoms with E-state index in [0.717, 1.165) is 16.5 Å². The number of allylic oxidation sites excluding steroid dienone is 1. The number of rotatable bonds is 4. The topological polar surface area (TPSA) is 17.1 Å². The molecule has 0 saturated carbocycles. The van der Waals surface area contributed by atoms with Gasteiger partial charge in [-0.1, -0.05) is 34.1 Å². The SMILES string of the molecule is C=CCCC(=O)c1ccc(Br)cc1. The van der Waals surface area contributed by atoms with E-state index in [2.05, 4.69) is 22.5 Å². The number of halogens is 1. The van der Waals surface area contributed by atoms with Gasteiger partial charge in [0, 0.05) is 16.5 Å². The van der Waals surface area contributed by atoms with Gasteiger partial charge in [0.2, 0.25) is 0 Å². The molecule has 1 aromatic rings. The normalized spacial score (nSPS) is 9.62. The average molecular weight is 239 g/mol. The molecule has 0 radical (unpaired) electrons. The van der Waals surface area contributed by atoms with Gasteiger partial charge in [-0.05, 0) is 18.6 Å². The zero-order valence-electron chi connectivity index (χ0n) is 7.29. The second kappa shape index (κ2) is 4.97. The monoisotopic (exact) mass is 238 g/mol. The lowest BCUT2D eigenvalue weighted by molar-refractivity contribution is 0.0983. The van der Waals surface area contributed by atoms with Crippen LogP contribution in [0.1, 0.15) is 23.2 Å². The summed E-state index contributed by atoms with van der Waals surface area (Å²) >= 11 is 3.32. The van der Waals surface area contributed by atoms with Crippen LogP contribution in [-0.4, -0.2) is 5.78 Å². The summed E-state index contributed by atoms with van der Waals surface area (Å²) in [5.74, 6) is 0.174. The third-order valence-corrected chi connectivity index (χ3v) is 2.27. The van der Waals surface area contributed by atoms with Gasteiger partial charge in [-0.15, -0.1) is 6.58 Å². The van der Waals surface area contributed by atoms with Gasteiger partial charge in [-0.25, -0.2) is 0 Å². The summed E-state index contributed by atoms with van der Waals surface area (Å²) in [5.41, 5.74) is 0.769. The number of Topliss-reactive ketones (excluding diaryl/α,β-unsaturated/α-hetero) is 1. The van der Waals surface area contributed by atoms with E-state index in [9.17, 15) is 4.79 Å². The van der Waals surface area contributed by atoms with Crippen molar-refractivity contribution in [1.29, 1.82) is 0 Å². The molecule has 0 N–H and O–H groups in total. The van der Waals surface area contributed by atoms with Crippen LogP contribution in [-0.2, 0) is 0 Å². The Morgan fingerprint density at radius 2 is 2.00 bits per heavy atom. The highest BCUT2D eigenvalue weighted by Gasteiger charge is 2.03. The molecule has 2 heteroatoms. The summed E-state index contributed by atoms with van der Waals surface area (Å²) < 4.78 is 0.993. The number of ketones is 1. The van der Waals surface area contributed by atoms with Crippen LogP contribution < -0.4 is 0 Å². The molecule has 0 bridgehead atoms. The number of carbonyl (C=O) groups excluding carboxylic acids is 1. The number of hydrogen-bond donors (Lipinski definition) is 0. The Morgan fingerprint density at radius 3 is 2.54 bits per heavy atom. The summed E-state index contributed by atoms with van der Waals surface area (Å²) in [5, 5.41) is 0. The maximum atomic E-state index is 11.5. The van der Waals surface area contributed by atoms with Crippen LogP contribution in [0.5, 0.6) is 0 Å². The molecular formula is C11H11BrO. The van der Waals surface area contributed by atoms with Crippen LogP contribution in [0.15, 0.2) is 41.4 Å². The second-order valence-electron chi connectivity index (χ2n) is 2.76. The van der Waals surface area contributed by atoms with Crippen molar-refractivity contribution < 1.29 is 4.79 Å². The highest BCUT2D eigenvalue weighted by molar-refractivity contribution is 9.10. The zero-order chi connectivity index (χ0) is 9.68. The highest BCUT2D eigenvalue weighted by atomic mass is 79.9. The molecule has 0 aliphatic heterocycles. The Balaban J connectivity index is 2.66. The van der Waals surface area contributed by atoms with Gasteiger partial charge in [0.1, 0.15) is 0 Å². The predicted octanol–water partition coefficient (Wildman–Crippen LogP) is 3.60. The fourth-order valence-electron chi connectivity index (χ4n) is 1.01. The smallest absolute Gasteiger partial charge is 0.163 e. The first-order chi connectivity index (χ1) is 6.24. The Bertz CT molecular complexity index is 300. The lowest BCUT2D eigenvalue weighted by atomic mass is 10.1. The van der Waals surface area contributed by atoms with Crippen LogP contribution in [0.2, 0.25) is 0 Å².